The van der Waals surface area contributed by atoms with E-state index in [1.807, 2.05) is 41.3 Å². The smallest absolute Gasteiger partial charge is 0.227 e. The van der Waals surface area contributed by atoms with Gasteiger partial charge in [-0.15, -0.1) is 0 Å². The number of nitrogens with zero attached hydrogens (tertiary/aromatic N) is 1. The number of amides is 1. The van der Waals surface area contributed by atoms with Crippen LogP contribution in [0.1, 0.15) is 30.4 Å². The van der Waals surface area contributed by atoms with Crippen LogP contribution in [0, 0.1) is 0 Å². The van der Waals surface area contributed by atoms with Gasteiger partial charge in [0.05, 0.1) is 0 Å². The minimum atomic E-state index is 0.228. The van der Waals surface area contributed by atoms with Crippen LogP contribution in [0.25, 0.3) is 0 Å². The lowest BCUT2D eigenvalue weighted by Crippen LogP contribution is -2.29. The highest BCUT2D eigenvalue weighted by Crippen LogP contribution is 2.29. The zero-order chi connectivity index (χ0) is 13.9. The normalized spacial score (nSPS) is 14.9. The van der Waals surface area contributed by atoms with Crippen LogP contribution in [-0.2, 0) is 11.2 Å². The summed E-state index contributed by atoms with van der Waals surface area (Å²) in [6.45, 7) is 2.94. The van der Waals surface area contributed by atoms with Gasteiger partial charge in [0.1, 0.15) is 0 Å². The molecule has 0 unspecified atom stereocenters. The molecule has 0 N–H and O–H groups in total. The number of hydrogen-bond donors (Lipinski definition) is 0. The van der Waals surface area contributed by atoms with Crippen molar-refractivity contribution >= 4 is 11.6 Å². The molecular weight excluding hydrogens is 246 g/mol. The van der Waals surface area contributed by atoms with E-state index in [-0.39, 0.29) is 11.8 Å². The van der Waals surface area contributed by atoms with Crippen molar-refractivity contribution in [2.24, 2.45) is 0 Å². The number of carbonyl (C=O) groups is 1. The number of hydrogen-bond acceptors (Lipinski definition) is 1. The van der Waals surface area contributed by atoms with Gasteiger partial charge in [0, 0.05) is 18.7 Å². The summed E-state index contributed by atoms with van der Waals surface area (Å²) in [6.07, 6.45) is 1.54. The predicted molar refractivity (Wildman–Crippen MR) is 82.0 cm³/mol. The second-order valence-corrected chi connectivity index (χ2v) is 5.44. The van der Waals surface area contributed by atoms with Gasteiger partial charge in [-0.1, -0.05) is 55.5 Å². The van der Waals surface area contributed by atoms with E-state index in [0.717, 1.165) is 18.7 Å². The van der Waals surface area contributed by atoms with Gasteiger partial charge in [0.15, 0.2) is 0 Å². The SMILES string of the molecule is C[C@@H](CC(=O)N1CCc2ccccc21)c1ccccc1. The fourth-order valence-corrected chi connectivity index (χ4v) is 2.87. The van der Waals surface area contributed by atoms with Crippen molar-refractivity contribution in [3.8, 4) is 0 Å². The van der Waals surface area contributed by atoms with E-state index in [1.165, 1.54) is 11.1 Å². The molecule has 1 aliphatic heterocycles. The summed E-state index contributed by atoms with van der Waals surface area (Å²) in [5.41, 5.74) is 3.61. The van der Waals surface area contributed by atoms with Crippen molar-refractivity contribution in [2.45, 2.75) is 25.7 Å². The van der Waals surface area contributed by atoms with Crippen LogP contribution in [0.5, 0.6) is 0 Å². The Morgan fingerprint density at radius 1 is 1.10 bits per heavy atom. The summed E-state index contributed by atoms with van der Waals surface area (Å²) in [6, 6.07) is 18.5. The Labute approximate surface area is 120 Å². The summed E-state index contributed by atoms with van der Waals surface area (Å²) in [7, 11) is 0. The average Bonchev–Trinajstić information content (AvgIpc) is 2.92. The maximum absolute atomic E-state index is 12.5. The highest BCUT2D eigenvalue weighted by molar-refractivity contribution is 5.95. The molecule has 1 amide bonds. The Hall–Kier alpha value is -2.09. The number of para-hydroxylation sites is 1. The zero-order valence-corrected chi connectivity index (χ0v) is 11.8. The van der Waals surface area contributed by atoms with Gasteiger partial charge in [-0.25, -0.2) is 0 Å². The van der Waals surface area contributed by atoms with Crippen LogP contribution in [0.2, 0.25) is 0 Å². The molecule has 20 heavy (non-hydrogen) atoms. The first-order valence-electron chi connectivity index (χ1n) is 7.19. The van der Waals surface area contributed by atoms with E-state index in [0.29, 0.717) is 6.42 Å². The summed E-state index contributed by atoms with van der Waals surface area (Å²) >= 11 is 0. The lowest BCUT2D eigenvalue weighted by Gasteiger charge is -2.20. The van der Waals surface area contributed by atoms with Crippen LogP contribution in [-0.4, -0.2) is 12.5 Å². The molecule has 1 heterocycles. The van der Waals surface area contributed by atoms with Crippen molar-refractivity contribution < 1.29 is 4.79 Å². The summed E-state index contributed by atoms with van der Waals surface area (Å²) < 4.78 is 0. The molecule has 0 saturated carbocycles. The van der Waals surface area contributed by atoms with Gasteiger partial charge in [0.25, 0.3) is 0 Å². The van der Waals surface area contributed by atoms with Gasteiger partial charge in [-0.05, 0) is 29.5 Å². The Bertz CT molecular complexity index is 606. The molecule has 3 rings (SSSR count). The third kappa shape index (κ3) is 2.46. The molecule has 2 heteroatoms. The lowest BCUT2D eigenvalue weighted by atomic mass is 9.97. The van der Waals surface area contributed by atoms with Gasteiger partial charge < -0.3 is 4.90 Å². The maximum Gasteiger partial charge on any atom is 0.227 e. The van der Waals surface area contributed by atoms with Crippen molar-refractivity contribution in [3.05, 3.63) is 65.7 Å². The van der Waals surface area contributed by atoms with E-state index >= 15 is 0 Å². The first-order valence-corrected chi connectivity index (χ1v) is 7.19. The van der Waals surface area contributed by atoms with E-state index in [9.17, 15) is 4.79 Å². The third-order valence-electron chi connectivity index (χ3n) is 4.04. The van der Waals surface area contributed by atoms with Gasteiger partial charge in [-0.2, -0.15) is 0 Å². The number of rotatable bonds is 3. The zero-order valence-electron chi connectivity index (χ0n) is 11.8. The minimum Gasteiger partial charge on any atom is -0.312 e. The maximum atomic E-state index is 12.5. The van der Waals surface area contributed by atoms with Crippen LogP contribution in [0.4, 0.5) is 5.69 Å². The summed E-state index contributed by atoms with van der Waals surface area (Å²) in [5, 5.41) is 0. The molecule has 1 atom stereocenters. The molecule has 0 aromatic heterocycles. The fraction of sp³-hybridized carbons (Fsp3) is 0.278. The molecule has 0 spiro atoms. The van der Waals surface area contributed by atoms with Gasteiger partial charge in [-0.3, -0.25) is 4.79 Å². The molecule has 2 aromatic carbocycles. The minimum absolute atomic E-state index is 0.228. The Morgan fingerprint density at radius 2 is 1.80 bits per heavy atom. The monoisotopic (exact) mass is 265 g/mol. The van der Waals surface area contributed by atoms with Crippen LogP contribution < -0.4 is 4.90 Å². The van der Waals surface area contributed by atoms with E-state index in [4.69, 9.17) is 0 Å². The van der Waals surface area contributed by atoms with Crippen LogP contribution in [0.3, 0.4) is 0 Å². The molecular formula is C18H19NO. The van der Waals surface area contributed by atoms with E-state index in [2.05, 4.69) is 25.1 Å². The molecule has 102 valence electrons. The Kier molecular flexibility index (Phi) is 3.55. The highest BCUT2D eigenvalue weighted by atomic mass is 16.2. The molecule has 2 nitrogen and oxygen atoms in total. The summed E-state index contributed by atoms with van der Waals surface area (Å²) in [5.74, 6) is 0.489. The molecule has 0 fully saturated rings. The van der Waals surface area contributed by atoms with E-state index in [1.54, 1.807) is 0 Å². The lowest BCUT2D eigenvalue weighted by molar-refractivity contribution is -0.118. The summed E-state index contributed by atoms with van der Waals surface area (Å²) in [4.78, 5) is 14.5. The molecule has 0 aliphatic carbocycles. The largest absolute Gasteiger partial charge is 0.312 e. The standard InChI is InChI=1S/C18H19NO/c1-14(15-7-3-2-4-8-15)13-18(20)19-12-11-16-9-5-6-10-17(16)19/h2-10,14H,11-13H2,1H3/t14-/m0/s1. The first-order chi connectivity index (χ1) is 9.75. The van der Waals surface area contributed by atoms with Crippen molar-refractivity contribution in [2.75, 3.05) is 11.4 Å². The molecule has 0 radical (unpaired) electrons. The quantitative estimate of drug-likeness (QED) is 0.827. The first kappa shape index (κ1) is 12.9. The van der Waals surface area contributed by atoms with Gasteiger partial charge in [0.2, 0.25) is 5.91 Å². The Morgan fingerprint density at radius 3 is 2.60 bits per heavy atom. The number of carbonyl (C=O) groups excluding carboxylic acids is 1. The number of anilines is 1. The van der Waals surface area contributed by atoms with Crippen LogP contribution in [0.15, 0.2) is 54.6 Å². The van der Waals surface area contributed by atoms with Crippen molar-refractivity contribution in [1.82, 2.24) is 0 Å². The van der Waals surface area contributed by atoms with Crippen molar-refractivity contribution in [3.63, 3.8) is 0 Å². The third-order valence-corrected chi connectivity index (χ3v) is 4.04. The topological polar surface area (TPSA) is 20.3 Å². The van der Waals surface area contributed by atoms with Crippen molar-refractivity contribution in [1.29, 1.82) is 0 Å². The molecule has 0 saturated heterocycles. The fourth-order valence-electron chi connectivity index (χ4n) is 2.87. The molecule has 2 aromatic rings. The average molecular weight is 265 g/mol. The van der Waals surface area contributed by atoms with Crippen LogP contribution >= 0.6 is 0 Å². The number of fused-ring (bicyclic) bond motifs is 1. The predicted octanol–water partition coefficient (Wildman–Crippen LogP) is 3.77. The molecule has 1 aliphatic rings. The second-order valence-electron chi connectivity index (χ2n) is 5.44. The van der Waals surface area contributed by atoms with Gasteiger partial charge >= 0.3 is 0 Å². The van der Waals surface area contributed by atoms with E-state index < -0.39 is 0 Å². The highest BCUT2D eigenvalue weighted by Gasteiger charge is 2.25. The Balaban J connectivity index is 1.72. The molecule has 0 bridgehead atoms. The number of benzene rings is 2. The second kappa shape index (κ2) is 5.49.